The average Bonchev–Trinajstić information content (AvgIpc) is 3.21. The average molecular weight is 681 g/mol. The maximum atomic E-state index is 4.96. The van der Waals surface area contributed by atoms with E-state index in [4.69, 9.17) is 5.10 Å². The first-order valence-corrected chi connectivity index (χ1v) is 18.7. The van der Waals surface area contributed by atoms with Crippen LogP contribution in [0.15, 0.2) is 192 Å². The van der Waals surface area contributed by atoms with E-state index in [-0.39, 0.29) is 0 Å². The van der Waals surface area contributed by atoms with Crippen LogP contribution in [-0.2, 0) is 6.42 Å². The van der Waals surface area contributed by atoms with Gasteiger partial charge in [0.15, 0.2) is 0 Å². The van der Waals surface area contributed by atoms with Crippen LogP contribution in [-0.4, -0.2) is 6.21 Å². The number of fused-ring (bicyclic) bond motifs is 4. The van der Waals surface area contributed by atoms with Crippen LogP contribution in [0.5, 0.6) is 0 Å². The van der Waals surface area contributed by atoms with Gasteiger partial charge in [-0.3, -0.25) is 0 Å². The van der Waals surface area contributed by atoms with Crippen molar-refractivity contribution < 1.29 is 0 Å². The lowest BCUT2D eigenvalue weighted by atomic mass is 9.85. The summed E-state index contributed by atoms with van der Waals surface area (Å²) in [5.74, 6) is 0.657. The van der Waals surface area contributed by atoms with E-state index in [1.807, 2.05) is 53.7 Å². The lowest BCUT2D eigenvalue weighted by Crippen LogP contribution is -2.09. The maximum Gasteiger partial charge on any atom is 0.0652 e. The standard InChI is InChI=1S/C28H22N2.C11H12.C8H10.C3H8/c1-21-24-16-8-9-17-25(24)26-18-10-11-19-27(26)28(21)20-29-30(22-12-4-2-5-13-22)23-14-6-3-7-15-23;1-9-5-4-7-10-6-2-3-8-11(9)10;1-2-8-6-4-3-5-7-8;1-3-2/h2-20H,1H3;2-6,8,10H,7H2,1H3;3-7H,2H2,1H3;3H2,1-2H3. The second-order valence-electron chi connectivity index (χ2n) is 13.0. The Morgan fingerprint density at radius 3 is 1.63 bits per heavy atom. The highest BCUT2D eigenvalue weighted by Crippen LogP contribution is 2.33. The summed E-state index contributed by atoms with van der Waals surface area (Å²) in [6, 6.07) is 48.2. The van der Waals surface area contributed by atoms with Crippen molar-refractivity contribution >= 4 is 39.1 Å². The van der Waals surface area contributed by atoms with Gasteiger partial charge >= 0.3 is 0 Å². The predicted octanol–water partition coefficient (Wildman–Crippen LogP) is 14.1. The zero-order chi connectivity index (χ0) is 36.5. The first-order valence-electron chi connectivity index (χ1n) is 18.7. The van der Waals surface area contributed by atoms with Crippen LogP contribution in [0, 0.1) is 12.8 Å². The van der Waals surface area contributed by atoms with Crippen molar-refractivity contribution in [1.82, 2.24) is 0 Å². The molecular formula is C50H52N2. The molecule has 0 heterocycles. The molecule has 0 aromatic heterocycles. The number of nitrogens with zero attached hydrogens (tertiary/aromatic N) is 2. The maximum absolute atomic E-state index is 4.96. The molecule has 2 aliphatic rings. The monoisotopic (exact) mass is 680 g/mol. The van der Waals surface area contributed by atoms with Gasteiger partial charge in [-0.25, -0.2) is 5.01 Å². The summed E-state index contributed by atoms with van der Waals surface area (Å²) in [5, 5.41) is 12.0. The molecule has 0 spiro atoms. The van der Waals surface area contributed by atoms with E-state index in [0.717, 1.165) is 23.4 Å². The third kappa shape index (κ3) is 9.74. The Labute approximate surface area is 311 Å². The predicted molar refractivity (Wildman–Crippen MR) is 229 cm³/mol. The Bertz CT molecular complexity index is 2110. The van der Waals surface area contributed by atoms with E-state index in [2.05, 4.69) is 168 Å². The van der Waals surface area contributed by atoms with Gasteiger partial charge in [-0.05, 0) is 94.8 Å². The van der Waals surface area contributed by atoms with E-state index in [1.165, 1.54) is 56.7 Å². The van der Waals surface area contributed by atoms with Gasteiger partial charge in [-0.2, -0.15) is 5.10 Å². The van der Waals surface area contributed by atoms with Crippen LogP contribution in [0.3, 0.4) is 0 Å². The molecule has 0 saturated heterocycles. The summed E-state index contributed by atoms with van der Waals surface area (Å²) in [5.41, 5.74) is 8.78. The van der Waals surface area contributed by atoms with Crippen LogP contribution in [0.1, 0.15) is 57.2 Å². The number of para-hydroxylation sites is 2. The van der Waals surface area contributed by atoms with E-state index < -0.39 is 0 Å². The highest BCUT2D eigenvalue weighted by molar-refractivity contribution is 6.16. The molecule has 1 atom stereocenters. The highest BCUT2D eigenvalue weighted by Gasteiger charge is 2.14. The van der Waals surface area contributed by atoms with Gasteiger partial charge in [0.25, 0.3) is 0 Å². The molecule has 0 aliphatic heterocycles. The summed E-state index contributed by atoms with van der Waals surface area (Å²) in [4.78, 5) is 0. The molecule has 1 unspecified atom stereocenters. The first kappa shape index (κ1) is 37.5. The minimum Gasteiger partial charge on any atom is -0.234 e. The van der Waals surface area contributed by atoms with Gasteiger partial charge in [-0.1, -0.05) is 179 Å². The molecule has 2 aliphatic carbocycles. The van der Waals surface area contributed by atoms with E-state index in [0.29, 0.717) is 5.92 Å². The summed E-state index contributed by atoms with van der Waals surface area (Å²) >= 11 is 0. The first-order chi connectivity index (χ1) is 25.5. The lowest BCUT2D eigenvalue weighted by molar-refractivity contribution is 0.768. The van der Waals surface area contributed by atoms with Crippen LogP contribution in [0.4, 0.5) is 11.4 Å². The molecule has 0 bridgehead atoms. The molecule has 0 amide bonds. The molecule has 52 heavy (non-hydrogen) atoms. The van der Waals surface area contributed by atoms with Crippen molar-refractivity contribution in [3.63, 3.8) is 0 Å². The van der Waals surface area contributed by atoms with Gasteiger partial charge in [0.05, 0.1) is 17.6 Å². The van der Waals surface area contributed by atoms with Crippen molar-refractivity contribution in [1.29, 1.82) is 0 Å². The third-order valence-corrected chi connectivity index (χ3v) is 9.14. The van der Waals surface area contributed by atoms with Crippen molar-refractivity contribution in [3.05, 3.63) is 204 Å². The van der Waals surface area contributed by atoms with E-state index >= 15 is 0 Å². The molecule has 6 aromatic rings. The minimum atomic E-state index is 0.657. The van der Waals surface area contributed by atoms with Crippen molar-refractivity contribution in [2.45, 2.75) is 53.9 Å². The third-order valence-electron chi connectivity index (χ3n) is 9.14. The second kappa shape index (κ2) is 19.6. The van der Waals surface area contributed by atoms with Crippen molar-refractivity contribution in [2.75, 3.05) is 5.01 Å². The Morgan fingerprint density at radius 1 is 0.596 bits per heavy atom. The van der Waals surface area contributed by atoms with Gasteiger partial charge in [-0.15, -0.1) is 0 Å². The largest absolute Gasteiger partial charge is 0.234 e. The zero-order valence-electron chi connectivity index (χ0n) is 31.4. The van der Waals surface area contributed by atoms with Crippen molar-refractivity contribution in [2.24, 2.45) is 11.0 Å². The topological polar surface area (TPSA) is 15.6 Å². The van der Waals surface area contributed by atoms with E-state index in [9.17, 15) is 0 Å². The van der Waals surface area contributed by atoms with Gasteiger partial charge in [0, 0.05) is 11.5 Å². The lowest BCUT2D eigenvalue weighted by Gasteiger charge is -2.20. The molecule has 2 nitrogen and oxygen atoms in total. The second-order valence-corrected chi connectivity index (χ2v) is 13.0. The summed E-state index contributed by atoms with van der Waals surface area (Å²) in [6.45, 7) is 10.8. The molecule has 8 rings (SSSR count). The quantitative estimate of drug-likeness (QED) is 0.101. The fourth-order valence-corrected chi connectivity index (χ4v) is 6.46. The highest BCUT2D eigenvalue weighted by atomic mass is 15.5. The van der Waals surface area contributed by atoms with Gasteiger partial charge in [0.1, 0.15) is 0 Å². The minimum absolute atomic E-state index is 0.657. The number of aryl methyl sites for hydroxylation is 2. The van der Waals surface area contributed by atoms with Crippen LogP contribution in [0.25, 0.3) is 21.5 Å². The van der Waals surface area contributed by atoms with Gasteiger partial charge in [0.2, 0.25) is 0 Å². The Hall–Kier alpha value is -5.73. The fourth-order valence-electron chi connectivity index (χ4n) is 6.46. The smallest absolute Gasteiger partial charge is 0.0652 e. The van der Waals surface area contributed by atoms with Crippen LogP contribution in [0.2, 0.25) is 0 Å². The summed E-state index contributed by atoms with van der Waals surface area (Å²) in [6.07, 6.45) is 18.8. The molecule has 2 heteroatoms. The summed E-state index contributed by atoms with van der Waals surface area (Å²) < 4.78 is 0. The molecule has 262 valence electrons. The van der Waals surface area contributed by atoms with Gasteiger partial charge < -0.3 is 0 Å². The molecule has 0 fully saturated rings. The molecular weight excluding hydrogens is 629 g/mol. The number of allylic oxidation sites excluding steroid dienone is 8. The number of hydrazone groups is 1. The normalized spacial score (nSPS) is 14.1. The molecule has 6 aromatic carbocycles. The SMILES string of the molecule is CC1=C2C=CC=CC2CC=C1.CCC.CCc1ccccc1.Cc1c(C=NN(c2ccccc2)c2ccccc2)c2ccccc2c2ccccc12. The number of hydrogen-bond donors (Lipinski definition) is 0. The number of hydrogen-bond acceptors (Lipinski definition) is 2. The molecule has 0 radical (unpaired) electrons. The Kier molecular flexibility index (Phi) is 14.1. The van der Waals surface area contributed by atoms with Crippen molar-refractivity contribution in [3.8, 4) is 0 Å². The molecule has 0 saturated carbocycles. The Morgan fingerprint density at radius 2 is 1.10 bits per heavy atom. The summed E-state index contributed by atoms with van der Waals surface area (Å²) in [7, 11) is 0. The van der Waals surface area contributed by atoms with Crippen LogP contribution >= 0.6 is 0 Å². The van der Waals surface area contributed by atoms with Crippen LogP contribution < -0.4 is 5.01 Å². The number of benzene rings is 6. The molecule has 0 N–H and O–H groups in total. The Balaban J connectivity index is 0.000000192. The number of rotatable bonds is 5. The zero-order valence-corrected chi connectivity index (χ0v) is 31.4. The number of anilines is 2. The fraction of sp³-hybridized carbons (Fsp3) is 0.180. The van der Waals surface area contributed by atoms with E-state index in [1.54, 1.807) is 0 Å².